The molecule has 0 saturated carbocycles. The van der Waals surface area contributed by atoms with Gasteiger partial charge in [0.25, 0.3) is 0 Å². The van der Waals surface area contributed by atoms with Crippen LogP contribution in [0, 0.1) is 6.92 Å². The molecule has 0 aliphatic heterocycles. The van der Waals surface area contributed by atoms with E-state index < -0.39 is 0 Å². The SMILES string of the molecule is CCc1ccccc1Cn1cnc(SCc2ccc(C)s2)n1. The second-order valence-corrected chi connectivity index (χ2v) is 7.46. The monoisotopic (exact) mass is 329 g/mol. The lowest BCUT2D eigenvalue weighted by Crippen LogP contribution is -2.03. The van der Waals surface area contributed by atoms with Gasteiger partial charge < -0.3 is 0 Å². The van der Waals surface area contributed by atoms with E-state index in [9.17, 15) is 0 Å². The summed E-state index contributed by atoms with van der Waals surface area (Å²) in [6, 6.07) is 12.9. The number of hydrogen-bond donors (Lipinski definition) is 0. The number of aromatic nitrogens is 3. The molecular weight excluding hydrogens is 310 g/mol. The van der Waals surface area contributed by atoms with E-state index in [0.717, 1.165) is 23.9 Å². The fourth-order valence-corrected chi connectivity index (χ4v) is 4.10. The van der Waals surface area contributed by atoms with Crippen molar-refractivity contribution in [3.05, 3.63) is 63.6 Å². The molecule has 0 radical (unpaired) electrons. The Kier molecular flexibility index (Phi) is 4.95. The highest BCUT2D eigenvalue weighted by Gasteiger charge is 2.06. The highest BCUT2D eigenvalue weighted by molar-refractivity contribution is 7.98. The third kappa shape index (κ3) is 3.78. The minimum Gasteiger partial charge on any atom is -0.247 e. The molecule has 0 saturated heterocycles. The molecule has 0 spiro atoms. The largest absolute Gasteiger partial charge is 0.247 e. The van der Waals surface area contributed by atoms with E-state index in [1.54, 1.807) is 11.8 Å². The third-order valence-corrected chi connectivity index (χ3v) is 5.57. The molecule has 22 heavy (non-hydrogen) atoms. The molecule has 2 aromatic heterocycles. The minimum atomic E-state index is 0.787. The molecule has 114 valence electrons. The molecule has 3 rings (SSSR count). The van der Waals surface area contributed by atoms with Gasteiger partial charge in [-0.25, -0.2) is 9.67 Å². The van der Waals surface area contributed by atoms with Crippen molar-refractivity contribution < 1.29 is 0 Å². The van der Waals surface area contributed by atoms with Gasteiger partial charge in [0.2, 0.25) is 5.16 Å². The van der Waals surface area contributed by atoms with Crippen molar-refractivity contribution in [3.63, 3.8) is 0 Å². The van der Waals surface area contributed by atoms with Crippen molar-refractivity contribution in [2.45, 2.75) is 37.7 Å². The van der Waals surface area contributed by atoms with E-state index in [2.05, 4.69) is 60.3 Å². The summed E-state index contributed by atoms with van der Waals surface area (Å²) in [5.41, 5.74) is 2.70. The summed E-state index contributed by atoms with van der Waals surface area (Å²) in [5.74, 6) is 0.939. The summed E-state index contributed by atoms with van der Waals surface area (Å²) in [6.07, 6.45) is 2.87. The second-order valence-electron chi connectivity index (χ2n) is 5.15. The lowest BCUT2D eigenvalue weighted by atomic mass is 10.1. The number of rotatable bonds is 6. The summed E-state index contributed by atoms with van der Waals surface area (Å²) < 4.78 is 1.93. The van der Waals surface area contributed by atoms with E-state index >= 15 is 0 Å². The van der Waals surface area contributed by atoms with Gasteiger partial charge in [0, 0.05) is 15.5 Å². The van der Waals surface area contributed by atoms with Gasteiger partial charge in [0.15, 0.2) is 0 Å². The quantitative estimate of drug-likeness (QED) is 0.622. The lowest BCUT2D eigenvalue weighted by Gasteiger charge is -2.06. The van der Waals surface area contributed by atoms with Gasteiger partial charge in [-0.05, 0) is 36.6 Å². The minimum absolute atomic E-state index is 0.787. The molecule has 1 aromatic carbocycles. The molecule has 5 heteroatoms. The van der Waals surface area contributed by atoms with Crippen LogP contribution in [0.3, 0.4) is 0 Å². The molecule has 0 amide bonds. The maximum Gasteiger partial charge on any atom is 0.208 e. The Balaban J connectivity index is 1.63. The number of hydrogen-bond acceptors (Lipinski definition) is 4. The first-order valence-electron chi connectivity index (χ1n) is 7.39. The van der Waals surface area contributed by atoms with Gasteiger partial charge in [0.1, 0.15) is 6.33 Å². The Bertz CT molecular complexity index is 746. The number of thioether (sulfide) groups is 1. The summed E-state index contributed by atoms with van der Waals surface area (Å²) in [4.78, 5) is 7.13. The molecule has 2 heterocycles. The molecule has 0 unspecified atom stereocenters. The van der Waals surface area contributed by atoms with Crippen molar-refractivity contribution in [1.29, 1.82) is 0 Å². The third-order valence-electron chi connectivity index (χ3n) is 3.49. The Morgan fingerprint density at radius 2 is 1.95 bits per heavy atom. The summed E-state index contributed by atoms with van der Waals surface area (Å²) >= 11 is 3.53. The first-order chi connectivity index (χ1) is 10.7. The van der Waals surface area contributed by atoms with Crippen molar-refractivity contribution in [3.8, 4) is 0 Å². The maximum absolute atomic E-state index is 4.58. The molecule has 0 atom stereocenters. The highest BCUT2D eigenvalue weighted by Crippen LogP contribution is 2.24. The Morgan fingerprint density at radius 1 is 1.14 bits per heavy atom. The smallest absolute Gasteiger partial charge is 0.208 e. The zero-order valence-corrected chi connectivity index (χ0v) is 14.5. The Hall–Kier alpha value is -1.59. The molecular formula is C17H19N3S2. The van der Waals surface area contributed by atoms with Crippen LogP contribution in [0.1, 0.15) is 27.8 Å². The molecule has 0 bridgehead atoms. The average molecular weight is 329 g/mol. The van der Waals surface area contributed by atoms with E-state index in [4.69, 9.17) is 0 Å². The van der Waals surface area contributed by atoms with E-state index in [1.165, 1.54) is 20.9 Å². The first-order valence-corrected chi connectivity index (χ1v) is 9.19. The predicted molar refractivity (Wildman–Crippen MR) is 93.6 cm³/mol. The summed E-state index contributed by atoms with van der Waals surface area (Å²) in [7, 11) is 0. The van der Waals surface area contributed by atoms with Gasteiger partial charge in [-0.3, -0.25) is 0 Å². The van der Waals surface area contributed by atoms with E-state index in [-0.39, 0.29) is 0 Å². The highest BCUT2D eigenvalue weighted by atomic mass is 32.2. The van der Waals surface area contributed by atoms with Crippen LogP contribution >= 0.6 is 23.1 Å². The van der Waals surface area contributed by atoms with Crippen molar-refractivity contribution in [1.82, 2.24) is 14.8 Å². The number of nitrogens with zero attached hydrogens (tertiary/aromatic N) is 3. The molecule has 0 aliphatic carbocycles. The van der Waals surface area contributed by atoms with Crippen LogP contribution in [-0.4, -0.2) is 14.8 Å². The Morgan fingerprint density at radius 3 is 2.68 bits per heavy atom. The number of benzene rings is 1. The van der Waals surface area contributed by atoms with Gasteiger partial charge >= 0.3 is 0 Å². The summed E-state index contributed by atoms with van der Waals surface area (Å²) in [5, 5.41) is 5.42. The normalized spacial score (nSPS) is 11.0. The molecule has 0 aliphatic rings. The van der Waals surface area contributed by atoms with Crippen LogP contribution in [0.5, 0.6) is 0 Å². The van der Waals surface area contributed by atoms with Crippen LogP contribution in [0.15, 0.2) is 47.9 Å². The van der Waals surface area contributed by atoms with E-state index in [0.29, 0.717) is 0 Å². The van der Waals surface area contributed by atoms with E-state index in [1.807, 2.05) is 22.3 Å². The molecule has 3 nitrogen and oxygen atoms in total. The lowest BCUT2D eigenvalue weighted by molar-refractivity contribution is 0.662. The molecule has 0 N–H and O–H groups in total. The molecule has 3 aromatic rings. The van der Waals surface area contributed by atoms with Crippen LogP contribution in [0.25, 0.3) is 0 Å². The van der Waals surface area contributed by atoms with Crippen LogP contribution < -0.4 is 0 Å². The van der Waals surface area contributed by atoms with Gasteiger partial charge in [-0.15, -0.1) is 16.4 Å². The summed E-state index contributed by atoms with van der Waals surface area (Å²) in [6.45, 7) is 5.11. The van der Waals surface area contributed by atoms with Crippen LogP contribution in [0.4, 0.5) is 0 Å². The van der Waals surface area contributed by atoms with Gasteiger partial charge in [-0.1, -0.05) is 43.0 Å². The number of thiophene rings is 1. The van der Waals surface area contributed by atoms with Crippen molar-refractivity contribution in [2.75, 3.05) is 0 Å². The number of aryl methyl sites for hydroxylation is 2. The zero-order chi connectivity index (χ0) is 15.4. The van der Waals surface area contributed by atoms with Crippen molar-refractivity contribution >= 4 is 23.1 Å². The predicted octanol–water partition coefficient (Wildman–Crippen LogP) is 4.55. The van der Waals surface area contributed by atoms with Crippen LogP contribution in [-0.2, 0) is 18.7 Å². The van der Waals surface area contributed by atoms with Gasteiger partial charge in [-0.2, -0.15) is 0 Å². The van der Waals surface area contributed by atoms with Gasteiger partial charge in [0.05, 0.1) is 6.54 Å². The topological polar surface area (TPSA) is 30.7 Å². The maximum atomic E-state index is 4.58. The fraction of sp³-hybridized carbons (Fsp3) is 0.294. The Labute approximate surface area is 139 Å². The van der Waals surface area contributed by atoms with Crippen LogP contribution in [0.2, 0.25) is 0 Å². The standard InChI is InChI=1S/C17H19N3S2/c1-3-14-6-4-5-7-15(14)10-20-12-18-17(19-20)21-11-16-9-8-13(2)22-16/h4-9,12H,3,10-11H2,1-2H3. The first kappa shape index (κ1) is 15.3. The zero-order valence-electron chi connectivity index (χ0n) is 12.8. The molecule has 0 fully saturated rings. The van der Waals surface area contributed by atoms with Crippen molar-refractivity contribution in [2.24, 2.45) is 0 Å². The fourth-order valence-electron chi connectivity index (χ4n) is 2.35. The average Bonchev–Trinajstić information content (AvgIpc) is 3.15. The second kappa shape index (κ2) is 7.11.